The highest BCUT2D eigenvalue weighted by molar-refractivity contribution is 8.00. The van der Waals surface area contributed by atoms with Crippen LogP contribution in [0.1, 0.15) is 52.0 Å². The lowest BCUT2D eigenvalue weighted by Gasteiger charge is -2.38. The van der Waals surface area contributed by atoms with Gasteiger partial charge < -0.3 is 9.47 Å². The first-order valence-electron chi connectivity index (χ1n) is 10.1. The van der Waals surface area contributed by atoms with E-state index in [-0.39, 0.29) is 41.4 Å². The molecule has 0 unspecified atom stereocenters. The third-order valence-corrected chi connectivity index (χ3v) is 6.70. The second-order valence-corrected chi connectivity index (χ2v) is 8.53. The van der Waals surface area contributed by atoms with Gasteiger partial charge in [0.15, 0.2) is 0 Å². The first-order valence-corrected chi connectivity index (χ1v) is 11.0. The Hall–Kier alpha value is -1.60. The maximum atomic E-state index is 12.7. The van der Waals surface area contributed by atoms with Crippen LogP contribution in [0.2, 0.25) is 0 Å². The number of carbonyl (C=O) groups is 1. The Labute approximate surface area is 171 Å². The molecule has 0 heterocycles. The van der Waals surface area contributed by atoms with Crippen LogP contribution in [0.3, 0.4) is 0 Å². The van der Waals surface area contributed by atoms with Crippen LogP contribution >= 0.6 is 11.8 Å². The molecule has 156 valence electrons. The van der Waals surface area contributed by atoms with Gasteiger partial charge in [0.1, 0.15) is 0 Å². The van der Waals surface area contributed by atoms with Gasteiger partial charge in [0.25, 0.3) is 0 Å². The summed E-state index contributed by atoms with van der Waals surface area (Å²) in [5.74, 6) is -0.924. The number of rotatable bonds is 9. The Kier molecular flexibility index (Phi) is 8.76. The van der Waals surface area contributed by atoms with Gasteiger partial charge in [0.05, 0.1) is 24.7 Å². The van der Waals surface area contributed by atoms with Crippen molar-refractivity contribution in [3.63, 3.8) is 0 Å². The molecule has 0 aliphatic heterocycles. The van der Waals surface area contributed by atoms with Crippen molar-refractivity contribution in [2.45, 2.75) is 81.8 Å². The fraction of sp³-hybridized carbons (Fsp3) is 0.667. The highest BCUT2D eigenvalue weighted by Crippen LogP contribution is 2.41. The highest BCUT2D eigenvalue weighted by Gasteiger charge is 2.48. The molecule has 0 N–H and O–H groups in total. The van der Waals surface area contributed by atoms with Crippen LogP contribution in [-0.2, 0) is 14.3 Å². The average Bonchev–Trinajstić information content (AvgIpc) is 2.68. The summed E-state index contributed by atoms with van der Waals surface area (Å²) in [6.07, 6.45) is 1.85. The standard InChI is InChI=1S/C21H31NO5S/c1-5-16(6-2)27-19-13-15(22(24)25)12-18(21(23)26-7-3)20(19)28-17-10-8-14(4)9-11-17/h8-11,15-16,18-20H,5-7,12-13H2,1-4H3/t15-,18+,19-,20+/m0/s1. The molecule has 0 saturated heterocycles. The molecule has 0 radical (unpaired) electrons. The van der Waals surface area contributed by atoms with E-state index in [1.807, 2.05) is 45.0 Å². The van der Waals surface area contributed by atoms with E-state index in [9.17, 15) is 14.9 Å². The number of carbonyl (C=O) groups excluding carboxylic acids is 1. The van der Waals surface area contributed by atoms with Crippen LogP contribution in [0, 0.1) is 23.0 Å². The Morgan fingerprint density at radius 3 is 2.39 bits per heavy atom. The minimum atomic E-state index is -0.788. The molecule has 1 aromatic rings. The normalized spacial score (nSPS) is 24.9. The number of nitrogens with zero attached hydrogens (tertiary/aromatic N) is 1. The van der Waals surface area contributed by atoms with Gasteiger partial charge in [-0.3, -0.25) is 14.9 Å². The summed E-state index contributed by atoms with van der Waals surface area (Å²) in [5.41, 5.74) is 1.16. The van der Waals surface area contributed by atoms with Gasteiger partial charge in [-0.15, -0.1) is 11.8 Å². The van der Waals surface area contributed by atoms with Crippen molar-refractivity contribution in [2.75, 3.05) is 6.61 Å². The number of esters is 1. The number of hydrogen-bond acceptors (Lipinski definition) is 6. The predicted octanol–water partition coefficient (Wildman–Crippen LogP) is 4.65. The maximum absolute atomic E-state index is 12.7. The van der Waals surface area contributed by atoms with E-state index in [4.69, 9.17) is 9.47 Å². The Morgan fingerprint density at radius 2 is 1.86 bits per heavy atom. The lowest BCUT2D eigenvalue weighted by molar-refractivity contribution is -0.529. The van der Waals surface area contributed by atoms with Gasteiger partial charge in [0, 0.05) is 27.9 Å². The molecule has 1 aromatic carbocycles. The van der Waals surface area contributed by atoms with Crippen molar-refractivity contribution < 1.29 is 19.2 Å². The van der Waals surface area contributed by atoms with Crippen LogP contribution in [-0.4, -0.2) is 41.0 Å². The quantitative estimate of drug-likeness (QED) is 0.336. The van der Waals surface area contributed by atoms with E-state index >= 15 is 0 Å². The topological polar surface area (TPSA) is 78.7 Å². The molecule has 2 rings (SSSR count). The van der Waals surface area contributed by atoms with Gasteiger partial charge in [-0.05, 0) is 38.8 Å². The minimum absolute atomic E-state index is 0.0273. The number of hydrogen-bond donors (Lipinski definition) is 0. The van der Waals surface area contributed by atoms with E-state index in [0.29, 0.717) is 6.42 Å². The van der Waals surface area contributed by atoms with Crippen LogP contribution in [0.25, 0.3) is 0 Å². The van der Waals surface area contributed by atoms with Crippen molar-refractivity contribution in [1.82, 2.24) is 0 Å². The Bertz CT molecular complexity index is 647. The van der Waals surface area contributed by atoms with Crippen LogP contribution < -0.4 is 0 Å². The zero-order valence-electron chi connectivity index (χ0n) is 17.1. The molecule has 6 nitrogen and oxygen atoms in total. The fourth-order valence-corrected chi connectivity index (χ4v) is 4.95. The molecule has 7 heteroatoms. The predicted molar refractivity (Wildman–Crippen MR) is 110 cm³/mol. The summed E-state index contributed by atoms with van der Waals surface area (Å²) < 4.78 is 11.6. The summed E-state index contributed by atoms with van der Waals surface area (Å²) in [4.78, 5) is 25.0. The summed E-state index contributed by atoms with van der Waals surface area (Å²) in [6.45, 7) is 8.14. The first-order chi connectivity index (χ1) is 13.4. The molecule has 0 bridgehead atoms. The summed E-state index contributed by atoms with van der Waals surface area (Å²) in [6, 6.07) is 7.32. The van der Waals surface area contributed by atoms with Crippen LogP contribution in [0.15, 0.2) is 29.2 Å². The lowest BCUT2D eigenvalue weighted by Crippen LogP contribution is -2.49. The van der Waals surface area contributed by atoms with Crippen molar-refractivity contribution in [1.29, 1.82) is 0 Å². The number of benzene rings is 1. The Balaban J connectivity index is 2.33. The maximum Gasteiger partial charge on any atom is 0.310 e. The van der Waals surface area contributed by atoms with Gasteiger partial charge in [-0.2, -0.15) is 0 Å². The largest absolute Gasteiger partial charge is 0.466 e. The van der Waals surface area contributed by atoms with E-state index in [2.05, 4.69) is 0 Å². The number of nitro groups is 1. The molecule has 28 heavy (non-hydrogen) atoms. The van der Waals surface area contributed by atoms with Crippen molar-refractivity contribution >= 4 is 17.7 Å². The van der Waals surface area contributed by atoms with E-state index < -0.39 is 12.0 Å². The number of aryl methyl sites for hydroxylation is 1. The van der Waals surface area contributed by atoms with Crippen LogP contribution in [0.5, 0.6) is 0 Å². The Morgan fingerprint density at radius 1 is 1.21 bits per heavy atom. The average molecular weight is 410 g/mol. The molecular formula is C21H31NO5S. The molecule has 0 spiro atoms. The van der Waals surface area contributed by atoms with E-state index in [0.717, 1.165) is 23.3 Å². The third kappa shape index (κ3) is 5.95. The van der Waals surface area contributed by atoms with Crippen molar-refractivity contribution in [3.05, 3.63) is 39.9 Å². The van der Waals surface area contributed by atoms with Crippen molar-refractivity contribution in [2.24, 2.45) is 5.92 Å². The van der Waals surface area contributed by atoms with E-state index in [1.165, 1.54) is 0 Å². The SMILES string of the molecule is CCOC(=O)[C@@H]1C[C@H]([N+](=O)[O-])C[C@H](OC(CC)CC)[C@@H]1Sc1ccc(C)cc1. The van der Waals surface area contributed by atoms with Gasteiger partial charge >= 0.3 is 5.97 Å². The molecule has 1 aliphatic carbocycles. The fourth-order valence-electron chi connectivity index (χ4n) is 3.63. The molecule has 0 amide bonds. The molecular weight excluding hydrogens is 378 g/mol. The first kappa shape index (κ1) is 22.7. The lowest BCUT2D eigenvalue weighted by atomic mass is 9.83. The van der Waals surface area contributed by atoms with Gasteiger partial charge in [0.2, 0.25) is 6.04 Å². The summed E-state index contributed by atoms with van der Waals surface area (Å²) >= 11 is 1.57. The van der Waals surface area contributed by atoms with Crippen molar-refractivity contribution in [3.8, 4) is 0 Å². The minimum Gasteiger partial charge on any atom is -0.466 e. The zero-order valence-corrected chi connectivity index (χ0v) is 17.9. The van der Waals surface area contributed by atoms with E-state index in [1.54, 1.807) is 18.7 Å². The number of ether oxygens (including phenoxy) is 2. The highest BCUT2D eigenvalue weighted by atomic mass is 32.2. The summed E-state index contributed by atoms with van der Waals surface area (Å²) in [7, 11) is 0. The summed E-state index contributed by atoms with van der Waals surface area (Å²) in [5, 5.41) is 11.3. The second kappa shape index (κ2) is 10.8. The second-order valence-electron chi connectivity index (χ2n) is 7.28. The zero-order chi connectivity index (χ0) is 20.7. The molecule has 4 atom stereocenters. The monoisotopic (exact) mass is 409 g/mol. The smallest absolute Gasteiger partial charge is 0.310 e. The molecule has 0 aromatic heterocycles. The van der Waals surface area contributed by atoms with Gasteiger partial charge in [-0.25, -0.2) is 0 Å². The number of thioether (sulfide) groups is 1. The molecule has 1 fully saturated rings. The van der Waals surface area contributed by atoms with Crippen LogP contribution in [0.4, 0.5) is 0 Å². The van der Waals surface area contributed by atoms with Gasteiger partial charge in [-0.1, -0.05) is 31.5 Å². The third-order valence-electron chi connectivity index (χ3n) is 5.25. The molecule has 1 saturated carbocycles. The molecule has 1 aliphatic rings.